The van der Waals surface area contributed by atoms with E-state index in [2.05, 4.69) is 217 Å². The fraction of sp³-hybridized carbons (Fsp3) is 0. The number of hydrogen-bond donors (Lipinski definition) is 0. The van der Waals surface area contributed by atoms with Gasteiger partial charge in [-0.2, -0.15) is 0 Å². The molecule has 10 aromatic rings. The van der Waals surface area contributed by atoms with Crippen molar-refractivity contribution >= 4 is 59.3 Å². The molecule has 54 heavy (non-hydrogen) atoms. The first-order valence-corrected chi connectivity index (χ1v) is 19.2. The van der Waals surface area contributed by atoms with E-state index < -0.39 is 0 Å². The van der Waals surface area contributed by atoms with Crippen LogP contribution in [0.4, 0.5) is 17.1 Å². The molecule has 0 fully saturated rings. The molecule has 0 spiro atoms. The summed E-state index contributed by atoms with van der Waals surface area (Å²) in [6, 6.07) is 77.1. The number of hydrogen-bond acceptors (Lipinski definition) is 2. The summed E-state index contributed by atoms with van der Waals surface area (Å²) < 4.78 is 2.57. The van der Waals surface area contributed by atoms with Crippen LogP contribution in [-0.4, -0.2) is 0 Å². The summed E-state index contributed by atoms with van der Waals surface area (Å²) in [5.74, 6) is 0. The summed E-state index contributed by atoms with van der Waals surface area (Å²) in [7, 11) is 0. The molecule has 1 heterocycles. The van der Waals surface area contributed by atoms with Gasteiger partial charge >= 0.3 is 0 Å². The van der Waals surface area contributed by atoms with Gasteiger partial charge < -0.3 is 4.90 Å². The summed E-state index contributed by atoms with van der Waals surface area (Å²) in [5, 5.41) is 5.08. The number of thiophene rings is 1. The Morgan fingerprint density at radius 3 is 1.67 bits per heavy atom. The zero-order valence-electron chi connectivity index (χ0n) is 29.6. The highest BCUT2D eigenvalue weighted by molar-refractivity contribution is 7.26. The molecular weight excluding hydrogens is 671 g/mol. The third kappa shape index (κ3) is 5.65. The average molecular weight is 706 g/mol. The lowest BCUT2D eigenvalue weighted by Gasteiger charge is -2.28. The topological polar surface area (TPSA) is 3.24 Å². The third-order valence-corrected chi connectivity index (χ3v) is 11.7. The highest BCUT2D eigenvalue weighted by Crippen LogP contribution is 2.48. The maximum Gasteiger partial charge on any atom is 0.0640 e. The molecule has 0 atom stereocenters. The van der Waals surface area contributed by atoms with Crippen LogP contribution in [0.15, 0.2) is 212 Å². The predicted octanol–water partition coefficient (Wildman–Crippen LogP) is 15.3. The molecule has 1 nitrogen and oxygen atoms in total. The van der Waals surface area contributed by atoms with Gasteiger partial charge in [-0.1, -0.05) is 182 Å². The van der Waals surface area contributed by atoms with E-state index in [1.807, 2.05) is 11.3 Å². The summed E-state index contributed by atoms with van der Waals surface area (Å²) in [4.78, 5) is 2.46. The zero-order chi connectivity index (χ0) is 35.8. The van der Waals surface area contributed by atoms with Gasteiger partial charge in [0.2, 0.25) is 0 Å². The molecule has 0 aliphatic carbocycles. The Bertz CT molecular complexity index is 2910. The Morgan fingerprint density at radius 2 is 0.870 bits per heavy atom. The van der Waals surface area contributed by atoms with Crippen LogP contribution in [0.5, 0.6) is 0 Å². The Labute approximate surface area is 319 Å². The molecule has 2 heteroatoms. The molecule has 0 N–H and O–H groups in total. The van der Waals surface area contributed by atoms with Gasteiger partial charge in [0.05, 0.1) is 16.1 Å². The molecule has 1 aromatic heterocycles. The molecule has 0 saturated heterocycles. The summed E-state index contributed by atoms with van der Waals surface area (Å²) in [5.41, 5.74) is 13.1. The van der Waals surface area contributed by atoms with Crippen LogP contribution in [0.3, 0.4) is 0 Å². The minimum absolute atomic E-state index is 1.11. The van der Waals surface area contributed by atoms with Crippen molar-refractivity contribution in [2.75, 3.05) is 4.90 Å². The van der Waals surface area contributed by atoms with Gasteiger partial charge in [-0.05, 0) is 80.0 Å². The zero-order valence-corrected chi connectivity index (χ0v) is 30.4. The molecule has 0 aliphatic rings. The van der Waals surface area contributed by atoms with E-state index in [1.165, 1.54) is 81.1 Å². The first-order chi connectivity index (χ1) is 26.8. The van der Waals surface area contributed by atoms with Crippen LogP contribution in [0.2, 0.25) is 0 Å². The van der Waals surface area contributed by atoms with E-state index in [0.717, 1.165) is 11.4 Å². The van der Waals surface area contributed by atoms with E-state index in [-0.39, 0.29) is 0 Å². The van der Waals surface area contributed by atoms with Gasteiger partial charge in [0.25, 0.3) is 0 Å². The van der Waals surface area contributed by atoms with Crippen molar-refractivity contribution in [3.63, 3.8) is 0 Å². The second kappa shape index (κ2) is 13.7. The number of rotatable bonds is 7. The first-order valence-electron chi connectivity index (χ1n) is 18.4. The van der Waals surface area contributed by atoms with E-state index in [0.29, 0.717) is 0 Å². The molecule has 0 aliphatic heterocycles. The normalized spacial score (nSPS) is 11.3. The minimum Gasteiger partial charge on any atom is -0.308 e. The Morgan fingerprint density at radius 1 is 0.315 bits per heavy atom. The van der Waals surface area contributed by atoms with Gasteiger partial charge in [-0.3, -0.25) is 0 Å². The Hall–Kier alpha value is -6.74. The number of fused-ring (bicyclic) bond motifs is 4. The van der Waals surface area contributed by atoms with Crippen LogP contribution in [0.1, 0.15) is 0 Å². The number of benzene rings is 9. The highest BCUT2D eigenvalue weighted by Gasteiger charge is 2.21. The molecular formula is C52H35NS. The van der Waals surface area contributed by atoms with Crippen molar-refractivity contribution in [2.24, 2.45) is 0 Å². The fourth-order valence-electron chi connectivity index (χ4n) is 7.92. The second-order valence-corrected chi connectivity index (χ2v) is 14.7. The highest BCUT2D eigenvalue weighted by atomic mass is 32.1. The second-order valence-electron chi connectivity index (χ2n) is 13.7. The monoisotopic (exact) mass is 705 g/mol. The largest absolute Gasteiger partial charge is 0.308 e. The third-order valence-electron chi connectivity index (χ3n) is 10.5. The molecule has 10 rings (SSSR count). The van der Waals surface area contributed by atoms with Gasteiger partial charge in [0.1, 0.15) is 0 Å². The van der Waals surface area contributed by atoms with E-state index in [9.17, 15) is 0 Å². The maximum absolute atomic E-state index is 2.46. The van der Waals surface area contributed by atoms with Crippen LogP contribution in [0, 0.1) is 0 Å². The Balaban J connectivity index is 1.15. The molecule has 0 unspecified atom stereocenters. The van der Waals surface area contributed by atoms with Crippen molar-refractivity contribution in [2.45, 2.75) is 0 Å². The van der Waals surface area contributed by atoms with Crippen LogP contribution >= 0.6 is 11.3 Å². The van der Waals surface area contributed by atoms with Crippen molar-refractivity contribution in [1.82, 2.24) is 0 Å². The fourth-order valence-corrected chi connectivity index (χ4v) is 9.13. The van der Waals surface area contributed by atoms with Gasteiger partial charge in [-0.25, -0.2) is 0 Å². The molecule has 0 saturated carbocycles. The number of para-hydroxylation sites is 1. The smallest absolute Gasteiger partial charge is 0.0640 e. The quantitative estimate of drug-likeness (QED) is 0.160. The van der Waals surface area contributed by atoms with Crippen LogP contribution in [-0.2, 0) is 0 Å². The molecule has 254 valence electrons. The lowest BCUT2D eigenvalue weighted by Crippen LogP contribution is -2.11. The molecule has 0 radical (unpaired) electrons. The van der Waals surface area contributed by atoms with E-state index in [1.54, 1.807) is 0 Å². The van der Waals surface area contributed by atoms with Crippen molar-refractivity contribution in [1.29, 1.82) is 0 Å². The molecule has 0 amide bonds. The summed E-state index contributed by atoms with van der Waals surface area (Å²) in [6.45, 7) is 0. The predicted molar refractivity (Wildman–Crippen MR) is 233 cm³/mol. The van der Waals surface area contributed by atoms with Crippen molar-refractivity contribution < 1.29 is 0 Å². The number of anilines is 3. The van der Waals surface area contributed by atoms with Gasteiger partial charge in [0.15, 0.2) is 0 Å². The van der Waals surface area contributed by atoms with Crippen molar-refractivity contribution in [3.05, 3.63) is 212 Å². The lowest BCUT2D eigenvalue weighted by molar-refractivity contribution is 1.30. The summed E-state index contributed by atoms with van der Waals surface area (Å²) >= 11 is 1.87. The Kier molecular flexibility index (Phi) is 8.09. The van der Waals surface area contributed by atoms with E-state index in [4.69, 9.17) is 0 Å². The van der Waals surface area contributed by atoms with Crippen molar-refractivity contribution in [3.8, 4) is 44.5 Å². The SMILES string of the molecule is c1ccc(-c2ccc(-c3ccccc3N(c3ccc(-c4ccc5ccccc5c4-c4ccccc4)cc3)c3cccc4c3sc3ccccc34)cc2)cc1. The maximum atomic E-state index is 2.46. The van der Waals surface area contributed by atoms with Crippen LogP contribution in [0.25, 0.3) is 75.5 Å². The standard InChI is InChI=1S/C52H35NS/c1-3-14-36(15-4-1)37-26-28-39(29-27-37)43-19-9-11-23-48(43)53(49-24-13-22-47-46-21-10-12-25-50(46)54-52(47)49)42-33-30-40(31-34-42)45-35-32-38-16-7-8-20-44(38)51(45)41-17-5-2-6-18-41/h1-35H. The van der Waals surface area contributed by atoms with Gasteiger partial charge in [0, 0.05) is 26.7 Å². The molecule has 0 bridgehead atoms. The van der Waals surface area contributed by atoms with Crippen LogP contribution < -0.4 is 4.90 Å². The average Bonchev–Trinajstić information content (AvgIpc) is 3.64. The van der Waals surface area contributed by atoms with Gasteiger partial charge in [-0.15, -0.1) is 11.3 Å². The summed E-state index contributed by atoms with van der Waals surface area (Å²) in [6.07, 6.45) is 0. The lowest BCUT2D eigenvalue weighted by atomic mass is 9.89. The minimum atomic E-state index is 1.11. The first kappa shape index (κ1) is 32.0. The number of nitrogens with zero attached hydrogens (tertiary/aromatic N) is 1. The van der Waals surface area contributed by atoms with E-state index >= 15 is 0 Å². The molecule has 9 aromatic carbocycles.